The van der Waals surface area contributed by atoms with Crippen molar-refractivity contribution in [1.29, 1.82) is 0 Å². The SMILES string of the molecule is NC(Cc1ccccc1)c1nc(-c2ccc(F)cc2F)nc2ccccc12. The van der Waals surface area contributed by atoms with Gasteiger partial charge in [-0.25, -0.2) is 18.7 Å². The van der Waals surface area contributed by atoms with Gasteiger partial charge in [0.05, 0.1) is 22.8 Å². The molecule has 4 rings (SSSR count). The van der Waals surface area contributed by atoms with Crippen LogP contribution in [-0.2, 0) is 6.42 Å². The Labute approximate surface area is 155 Å². The van der Waals surface area contributed by atoms with Gasteiger partial charge in [-0.15, -0.1) is 0 Å². The Kier molecular flexibility index (Phi) is 4.60. The largest absolute Gasteiger partial charge is 0.322 e. The van der Waals surface area contributed by atoms with Crippen molar-refractivity contribution in [2.75, 3.05) is 0 Å². The maximum absolute atomic E-state index is 14.3. The summed E-state index contributed by atoms with van der Waals surface area (Å²) in [7, 11) is 0. The van der Waals surface area contributed by atoms with Crippen molar-refractivity contribution in [3.05, 3.63) is 95.7 Å². The highest BCUT2D eigenvalue weighted by Crippen LogP contribution is 2.27. The summed E-state index contributed by atoms with van der Waals surface area (Å²) < 4.78 is 27.5. The zero-order valence-corrected chi connectivity index (χ0v) is 14.4. The maximum atomic E-state index is 14.3. The van der Waals surface area contributed by atoms with Gasteiger partial charge in [-0.1, -0.05) is 48.5 Å². The van der Waals surface area contributed by atoms with Gasteiger partial charge >= 0.3 is 0 Å². The molecule has 0 aliphatic carbocycles. The van der Waals surface area contributed by atoms with Gasteiger partial charge in [0.15, 0.2) is 5.82 Å². The van der Waals surface area contributed by atoms with Crippen LogP contribution < -0.4 is 5.73 Å². The third-order valence-electron chi connectivity index (χ3n) is 4.45. The second kappa shape index (κ2) is 7.21. The van der Waals surface area contributed by atoms with E-state index in [2.05, 4.69) is 9.97 Å². The van der Waals surface area contributed by atoms with Crippen molar-refractivity contribution in [3.8, 4) is 11.4 Å². The molecule has 0 saturated carbocycles. The molecule has 1 aromatic heterocycles. The zero-order chi connectivity index (χ0) is 18.8. The van der Waals surface area contributed by atoms with Gasteiger partial charge in [-0.05, 0) is 30.2 Å². The Morgan fingerprint density at radius 2 is 1.59 bits per heavy atom. The minimum absolute atomic E-state index is 0.148. The number of nitrogens with zero attached hydrogens (tertiary/aromatic N) is 2. The highest BCUT2D eigenvalue weighted by atomic mass is 19.1. The van der Waals surface area contributed by atoms with Crippen LogP contribution in [0.5, 0.6) is 0 Å². The van der Waals surface area contributed by atoms with Gasteiger partial charge < -0.3 is 5.73 Å². The first-order valence-corrected chi connectivity index (χ1v) is 8.63. The van der Waals surface area contributed by atoms with Crippen LogP contribution in [0.3, 0.4) is 0 Å². The molecule has 0 spiro atoms. The van der Waals surface area contributed by atoms with Crippen molar-refractivity contribution >= 4 is 10.9 Å². The molecule has 0 aliphatic heterocycles. The lowest BCUT2D eigenvalue weighted by Crippen LogP contribution is -2.16. The van der Waals surface area contributed by atoms with E-state index in [4.69, 9.17) is 5.73 Å². The Hall–Kier alpha value is -3.18. The molecular formula is C22H17F2N3. The van der Waals surface area contributed by atoms with Crippen LogP contribution in [0.2, 0.25) is 0 Å². The lowest BCUT2D eigenvalue weighted by molar-refractivity contribution is 0.584. The Bertz CT molecular complexity index is 1100. The summed E-state index contributed by atoms with van der Waals surface area (Å²) >= 11 is 0. The summed E-state index contributed by atoms with van der Waals surface area (Å²) in [6.45, 7) is 0. The number of halogens is 2. The topological polar surface area (TPSA) is 51.8 Å². The molecule has 0 aliphatic rings. The Morgan fingerprint density at radius 3 is 2.37 bits per heavy atom. The van der Waals surface area contributed by atoms with Crippen LogP contribution in [-0.4, -0.2) is 9.97 Å². The second-order valence-corrected chi connectivity index (χ2v) is 6.37. The predicted octanol–water partition coefficient (Wildman–Crippen LogP) is 4.82. The van der Waals surface area contributed by atoms with E-state index in [-0.39, 0.29) is 17.4 Å². The van der Waals surface area contributed by atoms with E-state index in [0.29, 0.717) is 17.6 Å². The monoisotopic (exact) mass is 361 g/mol. The third kappa shape index (κ3) is 3.55. The summed E-state index contributed by atoms with van der Waals surface area (Å²) in [5.41, 5.74) is 9.00. The van der Waals surface area contributed by atoms with Gasteiger partial charge in [0.25, 0.3) is 0 Å². The van der Waals surface area contributed by atoms with Crippen LogP contribution in [0.1, 0.15) is 17.3 Å². The van der Waals surface area contributed by atoms with Crippen LogP contribution >= 0.6 is 0 Å². The van der Waals surface area contributed by atoms with E-state index in [1.54, 1.807) is 0 Å². The molecule has 0 bridgehead atoms. The molecule has 0 fully saturated rings. The fourth-order valence-corrected chi connectivity index (χ4v) is 3.14. The number of benzene rings is 3. The number of hydrogen-bond donors (Lipinski definition) is 1. The van der Waals surface area contributed by atoms with Gasteiger partial charge in [0.1, 0.15) is 11.6 Å². The molecule has 27 heavy (non-hydrogen) atoms. The smallest absolute Gasteiger partial charge is 0.163 e. The van der Waals surface area contributed by atoms with Crippen LogP contribution in [0.25, 0.3) is 22.3 Å². The van der Waals surface area contributed by atoms with Gasteiger partial charge in [-0.2, -0.15) is 0 Å². The summed E-state index contributed by atoms with van der Waals surface area (Å²) in [5.74, 6) is -1.14. The average Bonchev–Trinajstić information content (AvgIpc) is 2.68. The average molecular weight is 361 g/mol. The van der Waals surface area contributed by atoms with Crippen molar-refractivity contribution in [2.24, 2.45) is 5.73 Å². The summed E-state index contributed by atoms with van der Waals surface area (Å²) in [6.07, 6.45) is 0.590. The quantitative estimate of drug-likeness (QED) is 0.567. The molecule has 1 unspecified atom stereocenters. The predicted molar refractivity (Wildman–Crippen MR) is 102 cm³/mol. The molecule has 1 atom stereocenters. The standard InChI is InChI=1S/C22H17F2N3/c23-15-10-11-16(18(24)13-15)22-26-20-9-5-4-8-17(20)21(27-22)19(25)12-14-6-2-1-3-7-14/h1-11,13,19H,12,25H2. The highest BCUT2D eigenvalue weighted by molar-refractivity contribution is 5.83. The summed E-state index contributed by atoms with van der Waals surface area (Å²) in [4.78, 5) is 9.02. The highest BCUT2D eigenvalue weighted by Gasteiger charge is 2.17. The van der Waals surface area contributed by atoms with E-state index in [1.807, 2.05) is 54.6 Å². The van der Waals surface area contributed by atoms with Crippen molar-refractivity contribution < 1.29 is 8.78 Å². The molecule has 2 N–H and O–H groups in total. The fraction of sp³-hybridized carbons (Fsp3) is 0.0909. The van der Waals surface area contributed by atoms with E-state index >= 15 is 0 Å². The zero-order valence-electron chi connectivity index (χ0n) is 14.4. The fourth-order valence-electron chi connectivity index (χ4n) is 3.14. The first-order valence-electron chi connectivity index (χ1n) is 8.63. The number of para-hydroxylation sites is 1. The molecule has 0 radical (unpaired) electrons. The third-order valence-corrected chi connectivity index (χ3v) is 4.45. The molecule has 0 saturated heterocycles. The minimum Gasteiger partial charge on any atom is -0.322 e. The number of aromatic nitrogens is 2. The lowest BCUT2D eigenvalue weighted by Gasteiger charge is -2.15. The lowest BCUT2D eigenvalue weighted by atomic mass is 10.0. The van der Waals surface area contributed by atoms with Crippen molar-refractivity contribution in [2.45, 2.75) is 12.5 Å². The van der Waals surface area contributed by atoms with Gasteiger partial charge in [0, 0.05) is 11.5 Å². The Morgan fingerprint density at radius 1 is 0.852 bits per heavy atom. The van der Waals surface area contributed by atoms with Crippen molar-refractivity contribution in [1.82, 2.24) is 9.97 Å². The van der Waals surface area contributed by atoms with E-state index in [9.17, 15) is 8.78 Å². The normalized spacial score (nSPS) is 12.3. The molecule has 4 aromatic rings. The molecule has 1 heterocycles. The number of hydrogen-bond acceptors (Lipinski definition) is 3. The van der Waals surface area contributed by atoms with Gasteiger partial charge in [-0.3, -0.25) is 0 Å². The van der Waals surface area contributed by atoms with Crippen LogP contribution in [0, 0.1) is 11.6 Å². The summed E-state index contributed by atoms with van der Waals surface area (Å²) in [5, 5.41) is 0.826. The molecule has 3 nitrogen and oxygen atoms in total. The molecular weight excluding hydrogens is 344 g/mol. The number of rotatable bonds is 4. The molecule has 5 heteroatoms. The van der Waals surface area contributed by atoms with Crippen LogP contribution in [0.15, 0.2) is 72.8 Å². The first kappa shape index (κ1) is 17.2. The second-order valence-electron chi connectivity index (χ2n) is 6.37. The number of fused-ring (bicyclic) bond motifs is 1. The minimum atomic E-state index is -0.701. The maximum Gasteiger partial charge on any atom is 0.163 e. The van der Waals surface area contributed by atoms with Crippen molar-refractivity contribution in [3.63, 3.8) is 0 Å². The molecule has 134 valence electrons. The van der Waals surface area contributed by atoms with Crippen LogP contribution in [0.4, 0.5) is 8.78 Å². The van der Waals surface area contributed by atoms with E-state index < -0.39 is 11.6 Å². The number of nitrogens with two attached hydrogens (primary N) is 1. The molecule has 3 aromatic carbocycles. The molecule has 0 amide bonds. The van der Waals surface area contributed by atoms with E-state index in [1.165, 1.54) is 12.1 Å². The first-order chi connectivity index (χ1) is 13.1. The van der Waals surface area contributed by atoms with E-state index in [0.717, 1.165) is 17.0 Å². The summed E-state index contributed by atoms with van der Waals surface area (Å²) in [6, 6.07) is 20.3. The van der Waals surface area contributed by atoms with Gasteiger partial charge in [0.2, 0.25) is 0 Å². The Balaban J connectivity index is 1.83.